The smallest absolute Gasteiger partial charge is 0.410 e. The number of hydrogen-bond donors (Lipinski definition) is 0. The normalized spacial score (nSPS) is 16.0. The van der Waals surface area contributed by atoms with Crippen LogP contribution in [-0.2, 0) is 11.3 Å². The molecule has 0 unspecified atom stereocenters. The third-order valence-electron chi connectivity index (χ3n) is 6.71. The topological polar surface area (TPSA) is 74.9 Å². The van der Waals surface area contributed by atoms with Gasteiger partial charge in [-0.25, -0.2) is 18.0 Å². The van der Waals surface area contributed by atoms with Gasteiger partial charge in [-0.15, -0.1) is 10.2 Å². The van der Waals surface area contributed by atoms with Gasteiger partial charge in [0.05, 0.1) is 12.2 Å². The summed E-state index contributed by atoms with van der Waals surface area (Å²) in [6.45, 7) is 7.07. The Morgan fingerprint density at radius 2 is 1.73 bits per heavy atom. The van der Waals surface area contributed by atoms with Crippen molar-refractivity contribution in [2.45, 2.75) is 39.3 Å². The first kappa shape index (κ1) is 28.7. The fourth-order valence-corrected chi connectivity index (χ4v) is 5.15. The van der Waals surface area contributed by atoms with Gasteiger partial charge in [-0.1, -0.05) is 6.07 Å². The molecular formula is C27H26F5N5O3S. The number of benzene rings is 2. The molecule has 5 rings (SSSR count). The van der Waals surface area contributed by atoms with E-state index in [1.165, 1.54) is 23.1 Å². The van der Waals surface area contributed by atoms with E-state index < -0.39 is 41.5 Å². The van der Waals surface area contributed by atoms with E-state index >= 15 is 4.39 Å². The summed E-state index contributed by atoms with van der Waals surface area (Å²) in [4.78, 5) is 17.1. The molecule has 1 aromatic heterocycles. The highest BCUT2D eigenvalue weighted by atomic mass is 32.1. The number of thiocarbonyl (C=S) groups is 1. The molecule has 8 nitrogen and oxygen atoms in total. The number of amides is 1. The number of rotatable bonds is 5. The van der Waals surface area contributed by atoms with Gasteiger partial charge in [0.15, 0.2) is 5.11 Å². The number of hydrogen-bond acceptors (Lipinski definition) is 6. The van der Waals surface area contributed by atoms with Gasteiger partial charge < -0.3 is 23.9 Å². The van der Waals surface area contributed by atoms with Crippen molar-refractivity contribution in [3.63, 3.8) is 0 Å². The molecule has 0 N–H and O–H groups in total. The van der Waals surface area contributed by atoms with E-state index in [4.69, 9.17) is 21.4 Å². The quantitative estimate of drug-likeness (QED) is 0.265. The average Bonchev–Trinajstić information content (AvgIpc) is 3.32. The Bertz CT molecular complexity index is 1480. The standard InChI is InChI=1S/C27H26F5N5O3S/c1-26(2,3)40-25(38)36-13-27(14-36)11-35(12-27)24(41)37(20-7-6-17(28)9-19(20)30)10-16-5-4-15(8-18(16)29)22-33-34-23(39-22)21(31)32/h4-9,21H,10-14H2,1-3H3. The predicted octanol–water partition coefficient (Wildman–Crippen LogP) is 5.94. The second kappa shape index (κ2) is 10.5. The fourth-order valence-electron chi connectivity index (χ4n) is 4.86. The van der Waals surface area contributed by atoms with E-state index in [1.54, 1.807) is 30.6 Å². The van der Waals surface area contributed by atoms with E-state index in [1.807, 2.05) is 0 Å². The second-order valence-corrected chi connectivity index (χ2v) is 11.6. The minimum absolute atomic E-state index is 0.0525. The molecule has 1 spiro atoms. The zero-order chi connectivity index (χ0) is 29.7. The predicted molar refractivity (Wildman–Crippen MR) is 142 cm³/mol. The third kappa shape index (κ3) is 5.97. The van der Waals surface area contributed by atoms with Crippen LogP contribution in [0.2, 0.25) is 0 Å². The van der Waals surface area contributed by atoms with Crippen molar-refractivity contribution in [1.29, 1.82) is 0 Å². The Hall–Kier alpha value is -3.81. The Kier molecular flexibility index (Phi) is 7.38. The number of anilines is 1. The van der Waals surface area contributed by atoms with Gasteiger partial charge in [0.2, 0.25) is 5.89 Å². The highest BCUT2D eigenvalue weighted by Crippen LogP contribution is 2.41. The monoisotopic (exact) mass is 595 g/mol. The SMILES string of the molecule is CC(C)(C)OC(=O)N1CC2(C1)CN(C(=S)N(Cc1ccc(-c3nnc(C(F)F)o3)cc1F)c1ccc(F)cc1F)C2. The average molecular weight is 596 g/mol. The summed E-state index contributed by atoms with van der Waals surface area (Å²) in [5, 5.41) is 6.95. The molecule has 41 heavy (non-hydrogen) atoms. The molecule has 2 aliphatic rings. The summed E-state index contributed by atoms with van der Waals surface area (Å²) in [7, 11) is 0. The Labute approximate surface area is 237 Å². The van der Waals surface area contributed by atoms with E-state index in [-0.39, 0.29) is 39.8 Å². The first-order valence-electron chi connectivity index (χ1n) is 12.6. The highest BCUT2D eigenvalue weighted by molar-refractivity contribution is 7.80. The van der Waals surface area contributed by atoms with Crippen LogP contribution in [0, 0.1) is 22.9 Å². The van der Waals surface area contributed by atoms with Crippen LogP contribution in [0.1, 0.15) is 38.7 Å². The van der Waals surface area contributed by atoms with Crippen LogP contribution >= 0.6 is 12.2 Å². The Morgan fingerprint density at radius 1 is 1.05 bits per heavy atom. The maximum Gasteiger partial charge on any atom is 0.410 e. The Morgan fingerprint density at radius 3 is 2.32 bits per heavy atom. The largest absolute Gasteiger partial charge is 0.444 e. The molecule has 0 saturated carbocycles. The molecule has 218 valence electrons. The summed E-state index contributed by atoms with van der Waals surface area (Å²) in [6.07, 6.45) is -3.37. The lowest BCUT2D eigenvalue weighted by atomic mass is 9.73. The van der Waals surface area contributed by atoms with Crippen LogP contribution in [0.3, 0.4) is 0 Å². The minimum Gasteiger partial charge on any atom is -0.444 e. The van der Waals surface area contributed by atoms with E-state index in [0.717, 1.165) is 12.1 Å². The molecular weight excluding hydrogens is 569 g/mol. The van der Waals surface area contributed by atoms with Crippen LogP contribution < -0.4 is 4.90 Å². The zero-order valence-electron chi connectivity index (χ0n) is 22.3. The zero-order valence-corrected chi connectivity index (χ0v) is 23.2. The number of carbonyl (C=O) groups excluding carboxylic acids is 1. The molecule has 0 bridgehead atoms. The maximum absolute atomic E-state index is 15.2. The van der Waals surface area contributed by atoms with Crippen molar-refractivity contribution >= 4 is 29.1 Å². The molecule has 0 radical (unpaired) electrons. The number of nitrogens with zero attached hydrogens (tertiary/aromatic N) is 5. The van der Waals surface area contributed by atoms with Gasteiger partial charge in [-0.2, -0.15) is 8.78 Å². The van der Waals surface area contributed by atoms with Crippen LogP contribution in [0.25, 0.3) is 11.5 Å². The molecule has 3 aromatic rings. The van der Waals surface area contributed by atoms with Crippen LogP contribution in [0.15, 0.2) is 40.8 Å². The Balaban J connectivity index is 1.32. The number of ether oxygens (including phenoxy) is 1. The van der Waals surface area contributed by atoms with Crippen molar-refractivity contribution in [2.75, 3.05) is 31.1 Å². The summed E-state index contributed by atoms with van der Waals surface area (Å²) < 4.78 is 79.7. The molecule has 0 atom stereocenters. The lowest BCUT2D eigenvalue weighted by Crippen LogP contribution is -2.74. The molecule has 0 aliphatic carbocycles. The van der Waals surface area contributed by atoms with Crippen molar-refractivity contribution in [3.8, 4) is 11.5 Å². The fraction of sp³-hybridized carbons (Fsp3) is 0.407. The second-order valence-electron chi connectivity index (χ2n) is 11.2. The highest BCUT2D eigenvalue weighted by Gasteiger charge is 2.55. The molecule has 2 aromatic carbocycles. The summed E-state index contributed by atoms with van der Waals surface area (Å²) in [6, 6.07) is 6.82. The lowest BCUT2D eigenvalue weighted by Gasteiger charge is -2.61. The van der Waals surface area contributed by atoms with Crippen LogP contribution in [0.4, 0.5) is 32.4 Å². The summed E-state index contributed by atoms with van der Waals surface area (Å²) in [5.41, 5.74) is -0.675. The van der Waals surface area contributed by atoms with E-state index in [0.29, 0.717) is 32.2 Å². The lowest BCUT2D eigenvalue weighted by molar-refractivity contribution is -0.0884. The molecule has 2 fully saturated rings. The molecule has 2 saturated heterocycles. The van der Waals surface area contributed by atoms with Gasteiger partial charge in [-0.05, 0) is 57.3 Å². The first-order valence-corrected chi connectivity index (χ1v) is 13.0. The van der Waals surface area contributed by atoms with Crippen molar-refractivity contribution in [1.82, 2.24) is 20.0 Å². The summed E-state index contributed by atoms with van der Waals surface area (Å²) in [5.74, 6) is -3.59. The number of aromatic nitrogens is 2. The molecule has 1 amide bonds. The van der Waals surface area contributed by atoms with Gasteiger partial charge in [0.1, 0.15) is 23.1 Å². The number of carbonyl (C=O) groups is 1. The van der Waals surface area contributed by atoms with Crippen molar-refractivity contribution in [2.24, 2.45) is 5.41 Å². The summed E-state index contributed by atoms with van der Waals surface area (Å²) >= 11 is 5.68. The van der Waals surface area contributed by atoms with Gasteiger partial charge in [-0.3, -0.25) is 0 Å². The number of alkyl halides is 2. The van der Waals surface area contributed by atoms with Crippen molar-refractivity contribution < 1.29 is 35.9 Å². The minimum atomic E-state index is -2.97. The van der Waals surface area contributed by atoms with Crippen molar-refractivity contribution in [3.05, 3.63) is 65.3 Å². The van der Waals surface area contributed by atoms with Gasteiger partial charge in [0, 0.05) is 48.8 Å². The van der Waals surface area contributed by atoms with Gasteiger partial charge in [0.25, 0.3) is 5.89 Å². The van der Waals surface area contributed by atoms with Gasteiger partial charge >= 0.3 is 12.5 Å². The third-order valence-corrected chi connectivity index (χ3v) is 7.19. The van der Waals surface area contributed by atoms with E-state index in [2.05, 4.69) is 10.2 Å². The van der Waals surface area contributed by atoms with Crippen LogP contribution in [-0.4, -0.2) is 63.0 Å². The number of halogens is 5. The maximum atomic E-state index is 15.2. The van der Waals surface area contributed by atoms with Crippen LogP contribution in [0.5, 0.6) is 0 Å². The molecule has 3 heterocycles. The van der Waals surface area contributed by atoms with E-state index in [9.17, 15) is 22.4 Å². The molecule has 14 heteroatoms. The number of likely N-dealkylation sites (tertiary alicyclic amines) is 2. The first-order chi connectivity index (χ1) is 19.2. The molecule has 2 aliphatic heterocycles.